The van der Waals surface area contributed by atoms with Gasteiger partial charge in [0.05, 0.1) is 32.4 Å². The first kappa shape index (κ1) is 67.4. The molecule has 1 unspecified atom stereocenters. The smallest absolute Gasteiger partial charge is 0.412 e. The minimum atomic E-state index is -4.58. The number of alkyl halides is 2. The summed E-state index contributed by atoms with van der Waals surface area (Å²) in [6.07, 6.45) is -9.35. The van der Waals surface area contributed by atoms with Crippen LogP contribution >= 0.6 is 38.1 Å². The SMILES string of the molecule is CC(C)[C@H](NC(=O)CCN1C(=O)C=CC1=O)C(=O)N[C@@H](CCCNC(N)=O)C(=O)Nc1ccc(COC(=O)N(C)CCOC(=O)Nc2ncnc3c2ncn3[C@@H]2O[C@@H]3CO[P@@](=O)(S)O[C@@H]4C(CO[P@@](=O)(S)O[C@H]3[C@H]2F)O[C@@H](n2cnc3c(N)ncnc32)[C@@H]4F)cc1. The summed E-state index contributed by atoms with van der Waals surface area (Å²) in [6.45, 7) is -8.19. The minimum absolute atomic E-state index is 0.00155. The predicted molar refractivity (Wildman–Crippen MR) is 316 cm³/mol. The Kier molecular flexibility index (Phi) is 21.5. The van der Waals surface area contributed by atoms with Gasteiger partial charge < -0.3 is 56.6 Å². The Morgan fingerprint density at radius 3 is 1.97 bits per heavy atom. The largest absolute Gasteiger partial charge is 0.447 e. The van der Waals surface area contributed by atoms with E-state index in [4.69, 9.17) is 48.5 Å². The van der Waals surface area contributed by atoms with Gasteiger partial charge in [0.25, 0.3) is 11.8 Å². The fourth-order valence-electron chi connectivity index (χ4n) is 9.61. The summed E-state index contributed by atoms with van der Waals surface area (Å²) in [5.74, 6) is -3.73. The molecule has 9 amide bonds. The number of halogens is 2. The summed E-state index contributed by atoms with van der Waals surface area (Å²) in [5.41, 5.74) is 11.9. The molecule has 0 radical (unpaired) electrons. The van der Waals surface area contributed by atoms with Crippen molar-refractivity contribution in [1.29, 1.82) is 0 Å². The number of nitrogens with one attached hydrogen (secondary N) is 5. The van der Waals surface area contributed by atoms with Gasteiger partial charge in [-0.25, -0.2) is 62.2 Å². The van der Waals surface area contributed by atoms with Crippen LogP contribution in [0, 0.1) is 5.92 Å². The van der Waals surface area contributed by atoms with Crippen LogP contribution in [0.25, 0.3) is 22.3 Å². The summed E-state index contributed by atoms with van der Waals surface area (Å²) in [7, 11) is 1.38. The number of nitrogens with zero attached hydrogens (tertiary/aromatic N) is 10. The third kappa shape index (κ3) is 16.6. The van der Waals surface area contributed by atoms with Gasteiger partial charge in [0, 0.05) is 44.4 Å². The van der Waals surface area contributed by atoms with E-state index in [1.807, 2.05) is 0 Å². The molecule has 9 N–H and O–H groups in total. The number of imide groups is 1. The van der Waals surface area contributed by atoms with Crippen LogP contribution in [-0.2, 0) is 76.8 Å². The number of carbonyl (C=O) groups is 8. The van der Waals surface area contributed by atoms with Crippen molar-refractivity contribution in [2.75, 3.05) is 62.9 Å². The molecule has 4 aliphatic heterocycles. The van der Waals surface area contributed by atoms with Crippen molar-refractivity contribution in [2.45, 2.75) is 101 Å². The van der Waals surface area contributed by atoms with Crippen molar-refractivity contribution >= 4 is 125 Å². The number of primary amides is 1. The van der Waals surface area contributed by atoms with Gasteiger partial charge in [0.2, 0.25) is 17.7 Å². The molecule has 41 heteroatoms. The number of imidazole rings is 2. The molecule has 9 rings (SSSR count). The summed E-state index contributed by atoms with van der Waals surface area (Å²) < 4.78 is 107. The number of amides is 9. The van der Waals surface area contributed by atoms with Gasteiger partial charge in [0.15, 0.2) is 53.2 Å². The Morgan fingerprint density at radius 1 is 0.791 bits per heavy atom. The van der Waals surface area contributed by atoms with Crippen molar-refractivity contribution in [3.8, 4) is 0 Å². The fraction of sp³-hybridized carbons (Fsp3) is 0.480. The number of nitrogen functional groups attached to an aromatic ring is 1. The number of thiol groups is 2. The lowest BCUT2D eigenvalue weighted by Crippen LogP contribution is -2.54. The van der Waals surface area contributed by atoms with E-state index in [1.54, 1.807) is 26.0 Å². The summed E-state index contributed by atoms with van der Waals surface area (Å²) in [4.78, 5) is 128. The van der Waals surface area contributed by atoms with Crippen molar-refractivity contribution in [3.63, 3.8) is 0 Å². The van der Waals surface area contributed by atoms with Crippen molar-refractivity contribution < 1.29 is 93.3 Å². The zero-order valence-corrected chi connectivity index (χ0v) is 51.8. The second-order valence-corrected chi connectivity index (χ2v) is 26.7. The number of ether oxygens (including phenoxy) is 4. The highest BCUT2D eigenvalue weighted by Gasteiger charge is 2.54. The maximum atomic E-state index is 16.7. The first-order valence-corrected chi connectivity index (χ1v) is 33.0. The Labute approximate surface area is 524 Å². The molecule has 3 saturated heterocycles. The van der Waals surface area contributed by atoms with E-state index in [9.17, 15) is 47.5 Å². The maximum absolute atomic E-state index is 16.7. The van der Waals surface area contributed by atoms with E-state index in [-0.39, 0.29) is 86.1 Å². The highest BCUT2D eigenvalue weighted by Crippen LogP contribution is 2.60. The Bertz CT molecular complexity index is 3690. The molecule has 490 valence electrons. The third-order valence-corrected chi connectivity index (χ3v) is 17.5. The second-order valence-electron chi connectivity index (χ2n) is 20.9. The van der Waals surface area contributed by atoms with E-state index >= 15 is 8.78 Å². The monoisotopic (exact) mass is 1350 g/mol. The lowest BCUT2D eigenvalue weighted by Gasteiger charge is -2.28. The Morgan fingerprint density at radius 2 is 1.37 bits per heavy atom. The summed E-state index contributed by atoms with van der Waals surface area (Å²) in [5, 5.41) is 12.8. The van der Waals surface area contributed by atoms with Crippen LogP contribution in [0.3, 0.4) is 0 Å². The van der Waals surface area contributed by atoms with E-state index < -0.39 is 142 Å². The van der Waals surface area contributed by atoms with Crippen LogP contribution in [0.1, 0.15) is 51.1 Å². The number of likely N-dealkylation sites (N-methyl/N-ethyl adjacent to an activating group) is 1. The van der Waals surface area contributed by atoms with E-state index in [0.717, 1.165) is 45.5 Å². The minimum Gasteiger partial charge on any atom is -0.447 e. The molecule has 5 aromatic rings. The van der Waals surface area contributed by atoms with Crippen molar-refractivity contribution in [1.82, 2.24) is 64.8 Å². The quantitative estimate of drug-likeness (QED) is 0.0221. The van der Waals surface area contributed by atoms with Crippen molar-refractivity contribution in [2.24, 2.45) is 11.7 Å². The third-order valence-electron chi connectivity index (χ3n) is 14.2. The Hall–Kier alpha value is -8.00. The average molecular weight is 1350 g/mol. The fourth-order valence-corrected chi connectivity index (χ4v) is 12.6. The average Bonchev–Trinajstić information content (AvgIpc) is 1.63. The molecular weight excluding hydrogens is 1290 g/mol. The number of hydrogen-bond donors (Lipinski definition) is 9. The molecule has 3 fully saturated rings. The molecule has 8 heterocycles. The number of anilines is 3. The number of benzene rings is 1. The Balaban J connectivity index is 0.738. The highest BCUT2D eigenvalue weighted by atomic mass is 32.7. The van der Waals surface area contributed by atoms with Gasteiger partial charge in [-0.1, -0.05) is 50.5 Å². The maximum Gasteiger partial charge on any atom is 0.412 e. The number of fused-ring (bicyclic) bond motifs is 4. The van der Waals surface area contributed by atoms with E-state index in [2.05, 4.69) is 81.0 Å². The molecule has 91 heavy (non-hydrogen) atoms. The molecule has 4 aromatic heterocycles. The lowest BCUT2D eigenvalue weighted by molar-refractivity contribution is -0.137. The van der Waals surface area contributed by atoms with Crippen LogP contribution in [0.15, 0.2) is 61.7 Å². The topological polar surface area (TPSA) is 450 Å². The van der Waals surface area contributed by atoms with Gasteiger partial charge in [-0.15, -0.1) is 0 Å². The van der Waals surface area contributed by atoms with Gasteiger partial charge in [-0.05, 0) is 36.5 Å². The number of hydrogen-bond acceptors (Lipinski definition) is 25. The van der Waals surface area contributed by atoms with E-state index in [0.29, 0.717) is 11.3 Å². The number of aromatic nitrogens is 8. The number of nitrogens with two attached hydrogens (primary N) is 2. The van der Waals surface area contributed by atoms with Crippen LogP contribution in [0.2, 0.25) is 0 Å². The zero-order valence-electron chi connectivity index (χ0n) is 48.2. The van der Waals surface area contributed by atoms with Gasteiger partial charge in [-0.2, -0.15) is 0 Å². The highest BCUT2D eigenvalue weighted by molar-refractivity contribution is 8.44. The molecular formula is C50H61F2N17O18P2S2. The summed E-state index contributed by atoms with van der Waals surface area (Å²) >= 11 is 8.08. The number of rotatable bonds is 21. The molecule has 35 nitrogen and oxygen atoms in total. The molecule has 0 aliphatic carbocycles. The van der Waals surface area contributed by atoms with Gasteiger partial charge in [-0.3, -0.25) is 61.4 Å². The van der Waals surface area contributed by atoms with Crippen LogP contribution in [0.4, 0.5) is 40.5 Å². The van der Waals surface area contributed by atoms with Gasteiger partial charge >= 0.3 is 31.8 Å². The molecule has 0 bridgehead atoms. The molecule has 0 spiro atoms. The predicted octanol–water partition coefficient (Wildman–Crippen LogP) is 2.76. The van der Waals surface area contributed by atoms with Crippen LogP contribution in [0.5, 0.6) is 0 Å². The standard InChI is InChI=1S/C50H61F2N17O18P2S2/c1-24(2)35(64-30(70)12-14-67-31(71)10-11-32(67)72)45(74)63-27(5-4-13-55-48(54)75)44(73)62-26-8-6-25(7-9-26)17-81-50(77)66(3)15-16-80-49(76)65-41-37-43(59-21-57-41)69(23-61-37)47-34(52)39-29(85-47)19-83-88(78,90)86-38-28(18-82-89(79,91)87-39)84-46(33(38)51)68-22-60-36-40(53)56-20-58-42(36)68/h6-11,20-24,27-29,33-35,38-39,46-47H,4-5,12-19H2,1-3H3,(H,62,73)(H,63,74)(H,64,70)(H,78,90)(H,79,91)(H2,53,56,58)(H3,54,55,75)(H,57,59,65,76)/t27-,28?,29+,33+,34+,35-,38+,39+,46+,47+,88+,89+/m0/s1. The zero-order chi connectivity index (χ0) is 65.5. The molecule has 12 atom stereocenters. The van der Waals surface area contributed by atoms with Gasteiger partial charge in [0.1, 0.15) is 67.9 Å². The second kappa shape index (κ2) is 29.1. The normalized spacial score (nSPS) is 25.6. The first-order valence-electron chi connectivity index (χ1n) is 27.7. The summed E-state index contributed by atoms with van der Waals surface area (Å²) in [6, 6.07) is 3.09. The van der Waals surface area contributed by atoms with E-state index in [1.165, 1.54) is 30.1 Å². The van der Waals surface area contributed by atoms with Crippen LogP contribution in [-0.4, -0.2) is 192 Å². The molecule has 1 aromatic carbocycles. The molecule has 0 saturated carbocycles. The molecule has 4 aliphatic rings. The number of carbonyl (C=O) groups excluding carboxylic acids is 8. The van der Waals surface area contributed by atoms with Crippen molar-refractivity contribution in [3.05, 3.63) is 67.3 Å². The number of urea groups is 1. The lowest BCUT2D eigenvalue weighted by atomic mass is 10.0. The first-order chi connectivity index (χ1) is 43.3. The van der Waals surface area contributed by atoms with Crippen LogP contribution < -0.4 is 38.1 Å².